The van der Waals surface area contributed by atoms with Crippen molar-refractivity contribution in [1.82, 2.24) is 24.5 Å². The van der Waals surface area contributed by atoms with Crippen LogP contribution in [0, 0.1) is 0 Å². The molecule has 0 bridgehead atoms. The van der Waals surface area contributed by atoms with Crippen molar-refractivity contribution in [2.45, 2.75) is 45.1 Å². The maximum absolute atomic E-state index is 12.3. The number of nitrogens with zero attached hydrogens (tertiary/aromatic N) is 5. The van der Waals surface area contributed by atoms with E-state index in [0.29, 0.717) is 12.3 Å². The molecule has 1 saturated heterocycles. The van der Waals surface area contributed by atoms with Crippen molar-refractivity contribution in [3.63, 3.8) is 0 Å². The lowest BCUT2D eigenvalue weighted by Crippen LogP contribution is -2.42. The monoisotopic (exact) mass is 303 g/mol. The van der Waals surface area contributed by atoms with Gasteiger partial charge in [0.15, 0.2) is 0 Å². The molecule has 1 fully saturated rings. The summed E-state index contributed by atoms with van der Waals surface area (Å²) >= 11 is 0. The predicted molar refractivity (Wildman–Crippen MR) is 80.6 cm³/mol. The highest BCUT2D eigenvalue weighted by atomic mass is 16.6. The summed E-state index contributed by atoms with van der Waals surface area (Å²) < 4.78 is 7.23. The van der Waals surface area contributed by atoms with Crippen LogP contribution in [0.2, 0.25) is 0 Å². The summed E-state index contributed by atoms with van der Waals surface area (Å²) in [6, 6.07) is 1.95. The minimum absolute atomic E-state index is 0.216. The molecule has 0 spiro atoms. The molecule has 2 aromatic rings. The second-order valence-electron chi connectivity index (χ2n) is 6.61. The SMILES string of the molecule is CC(C)(C)OC(=O)N1CCC[C@H](c2ccnc3ncnn23)C1. The van der Waals surface area contributed by atoms with Crippen molar-refractivity contribution >= 4 is 11.9 Å². The highest BCUT2D eigenvalue weighted by molar-refractivity contribution is 5.68. The topological polar surface area (TPSA) is 72.6 Å². The molecular formula is C15H21N5O2. The molecule has 7 nitrogen and oxygen atoms in total. The molecule has 1 amide bonds. The number of carbonyl (C=O) groups excluding carboxylic acids is 1. The Bertz CT molecular complexity index is 676. The summed E-state index contributed by atoms with van der Waals surface area (Å²) in [5.74, 6) is 0.806. The summed E-state index contributed by atoms with van der Waals surface area (Å²) in [4.78, 5) is 22.3. The molecule has 1 aliphatic heterocycles. The quantitative estimate of drug-likeness (QED) is 0.808. The Morgan fingerprint density at radius 3 is 2.95 bits per heavy atom. The molecule has 3 rings (SSSR count). The normalized spacial score (nSPS) is 19.4. The first-order valence-corrected chi connectivity index (χ1v) is 7.56. The fourth-order valence-corrected chi connectivity index (χ4v) is 2.78. The van der Waals surface area contributed by atoms with E-state index in [9.17, 15) is 4.79 Å². The Kier molecular flexibility index (Phi) is 3.72. The summed E-state index contributed by atoms with van der Waals surface area (Å²) in [6.45, 7) is 7.02. The number of carbonyl (C=O) groups is 1. The summed E-state index contributed by atoms with van der Waals surface area (Å²) in [5.41, 5.74) is 0.565. The van der Waals surface area contributed by atoms with Gasteiger partial charge in [-0.25, -0.2) is 14.3 Å². The second kappa shape index (κ2) is 5.55. The fraction of sp³-hybridized carbons (Fsp3) is 0.600. The fourth-order valence-electron chi connectivity index (χ4n) is 2.78. The molecular weight excluding hydrogens is 282 g/mol. The van der Waals surface area contributed by atoms with Gasteiger partial charge in [-0.2, -0.15) is 10.1 Å². The van der Waals surface area contributed by atoms with E-state index in [0.717, 1.165) is 25.1 Å². The van der Waals surface area contributed by atoms with Gasteiger partial charge in [0.2, 0.25) is 0 Å². The zero-order chi connectivity index (χ0) is 15.7. The third-order valence-corrected chi connectivity index (χ3v) is 3.70. The van der Waals surface area contributed by atoms with Crippen LogP contribution in [0.25, 0.3) is 5.78 Å². The standard InChI is InChI=1S/C15H21N5O2/c1-15(2,3)22-14(21)19-8-4-5-11(9-19)12-6-7-16-13-17-10-18-20(12)13/h6-7,10-11H,4-5,8-9H2,1-3H3/t11-/m0/s1. The third-order valence-electron chi connectivity index (χ3n) is 3.70. The van der Waals surface area contributed by atoms with Gasteiger partial charge in [-0.15, -0.1) is 0 Å². The highest BCUT2D eigenvalue weighted by Crippen LogP contribution is 2.27. The van der Waals surface area contributed by atoms with E-state index in [2.05, 4.69) is 15.1 Å². The van der Waals surface area contributed by atoms with Crippen LogP contribution in [0.15, 0.2) is 18.6 Å². The first-order chi connectivity index (χ1) is 10.4. The predicted octanol–water partition coefficient (Wildman–Crippen LogP) is 2.24. The van der Waals surface area contributed by atoms with Crippen LogP contribution in [-0.4, -0.2) is 49.3 Å². The van der Waals surface area contributed by atoms with Gasteiger partial charge in [0.25, 0.3) is 5.78 Å². The van der Waals surface area contributed by atoms with Crippen LogP contribution in [0.4, 0.5) is 4.79 Å². The van der Waals surface area contributed by atoms with E-state index >= 15 is 0 Å². The molecule has 3 heterocycles. The molecule has 0 N–H and O–H groups in total. The second-order valence-corrected chi connectivity index (χ2v) is 6.61. The average molecular weight is 303 g/mol. The molecule has 0 radical (unpaired) electrons. The van der Waals surface area contributed by atoms with Gasteiger partial charge in [-0.1, -0.05) is 0 Å². The lowest BCUT2D eigenvalue weighted by atomic mass is 9.95. The van der Waals surface area contributed by atoms with Gasteiger partial charge < -0.3 is 9.64 Å². The molecule has 1 aliphatic rings. The molecule has 0 unspecified atom stereocenters. The molecule has 118 valence electrons. The van der Waals surface area contributed by atoms with Crippen LogP contribution < -0.4 is 0 Å². The Hall–Kier alpha value is -2.18. The van der Waals surface area contributed by atoms with Crippen LogP contribution in [0.5, 0.6) is 0 Å². The number of aromatic nitrogens is 4. The first kappa shape index (κ1) is 14.7. The van der Waals surface area contributed by atoms with E-state index in [1.54, 1.807) is 15.6 Å². The molecule has 1 atom stereocenters. The molecule has 22 heavy (non-hydrogen) atoms. The molecule has 0 aromatic carbocycles. The van der Waals surface area contributed by atoms with Crippen LogP contribution >= 0.6 is 0 Å². The van der Waals surface area contributed by atoms with Gasteiger partial charge in [0.05, 0.1) is 5.69 Å². The van der Waals surface area contributed by atoms with Crippen molar-refractivity contribution in [2.75, 3.05) is 13.1 Å². The Balaban J connectivity index is 1.78. The number of piperidine rings is 1. The number of fused-ring (bicyclic) bond motifs is 1. The lowest BCUT2D eigenvalue weighted by Gasteiger charge is -2.34. The highest BCUT2D eigenvalue weighted by Gasteiger charge is 2.29. The summed E-state index contributed by atoms with van der Waals surface area (Å²) in [7, 11) is 0. The van der Waals surface area contributed by atoms with Crippen molar-refractivity contribution < 1.29 is 9.53 Å². The van der Waals surface area contributed by atoms with E-state index in [1.165, 1.54) is 6.33 Å². The van der Waals surface area contributed by atoms with Crippen molar-refractivity contribution in [3.05, 3.63) is 24.3 Å². The Labute approximate surface area is 129 Å². The van der Waals surface area contributed by atoms with Crippen molar-refractivity contribution in [1.29, 1.82) is 0 Å². The molecule has 2 aromatic heterocycles. The van der Waals surface area contributed by atoms with E-state index in [-0.39, 0.29) is 12.0 Å². The molecule has 7 heteroatoms. The molecule has 0 saturated carbocycles. The maximum Gasteiger partial charge on any atom is 0.410 e. The number of hydrogen-bond acceptors (Lipinski definition) is 5. The molecule has 0 aliphatic carbocycles. The Morgan fingerprint density at radius 2 is 2.18 bits per heavy atom. The van der Waals surface area contributed by atoms with E-state index in [4.69, 9.17) is 4.74 Å². The largest absolute Gasteiger partial charge is 0.444 e. The zero-order valence-corrected chi connectivity index (χ0v) is 13.2. The minimum atomic E-state index is -0.472. The number of rotatable bonds is 1. The smallest absolute Gasteiger partial charge is 0.410 e. The number of hydrogen-bond donors (Lipinski definition) is 0. The van der Waals surface area contributed by atoms with Gasteiger partial charge in [0.1, 0.15) is 11.9 Å². The van der Waals surface area contributed by atoms with Crippen LogP contribution in [-0.2, 0) is 4.74 Å². The summed E-state index contributed by atoms with van der Waals surface area (Å²) in [6.07, 6.45) is 4.95. The average Bonchev–Trinajstić information content (AvgIpc) is 2.94. The minimum Gasteiger partial charge on any atom is -0.444 e. The maximum atomic E-state index is 12.3. The lowest BCUT2D eigenvalue weighted by molar-refractivity contribution is 0.0196. The van der Waals surface area contributed by atoms with Gasteiger partial charge in [0, 0.05) is 25.2 Å². The van der Waals surface area contributed by atoms with Gasteiger partial charge >= 0.3 is 6.09 Å². The number of amides is 1. The summed E-state index contributed by atoms with van der Waals surface area (Å²) in [5, 5.41) is 4.23. The van der Waals surface area contributed by atoms with E-state index in [1.807, 2.05) is 26.8 Å². The first-order valence-electron chi connectivity index (χ1n) is 7.56. The zero-order valence-electron chi connectivity index (χ0n) is 13.2. The van der Waals surface area contributed by atoms with E-state index < -0.39 is 5.60 Å². The number of ether oxygens (including phenoxy) is 1. The van der Waals surface area contributed by atoms with Crippen molar-refractivity contribution in [2.24, 2.45) is 0 Å². The van der Waals surface area contributed by atoms with Gasteiger partial charge in [-0.05, 0) is 39.7 Å². The Morgan fingerprint density at radius 1 is 1.36 bits per heavy atom. The van der Waals surface area contributed by atoms with Crippen molar-refractivity contribution in [3.8, 4) is 0 Å². The number of likely N-dealkylation sites (tertiary alicyclic amines) is 1. The van der Waals surface area contributed by atoms with Gasteiger partial charge in [-0.3, -0.25) is 0 Å². The van der Waals surface area contributed by atoms with Crippen LogP contribution in [0.1, 0.15) is 45.2 Å². The third kappa shape index (κ3) is 3.03. The van der Waals surface area contributed by atoms with Crippen LogP contribution in [0.3, 0.4) is 0 Å².